The van der Waals surface area contributed by atoms with Gasteiger partial charge in [-0.15, -0.1) is 0 Å². The van der Waals surface area contributed by atoms with Crippen molar-refractivity contribution in [3.05, 3.63) is 29.8 Å². The van der Waals surface area contributed by atoms with Crippen LogP contribution in [-0.2, 0) is 9.53 Å². The molecule has 1 unspecified atom stereocenters. The molecule has 0 radical (unpaired) electrons. The molecule has 26 heavy (non-hydrogen) atoms. The number of carbonyl (C=O) groups is 2. The molecule has 0 aromatic heterocycles. The van der Waals surface area contributed by atoms with Gasteiger partial charge in [-0.05, 0) is 43.4 Å². The molecule has 140 valence electrons. The van der Waals surface area contributed by atoms with Crippen LogP contribution in [0.25, 0.3) is 0 Å². The largest absolute Gasteiger partial charge is 0.497 e. The summed E-state index contributed by atoms with van der Waals surface area (Å²) in [6.45, 7) is 3.65. The maximum Gasteiger partial charge on any atom is 0.254 e. The molecule has 0 bridgehead atoms. The predicted molar refractivity (Wildman–Crippen MR) is 96.1 cm³/mol. The second kappa shape index (κ2) is 6.91. The fourth-order valence-corrected chi connectivity index (χ4v) is 4.36. The first-order valence-corrected chi connectivity index (χ1v) is 9.44. The van der Waals surface area contributed by atoms with Crippen LogP contribution in [0, 0.1) is 5.92 Å². The molecular weight excluding hydrogens is 332 g/mol. The molecule has 3 aliphatic rings. The zero-order valence-corrected chi connectivity index (χ0v) is 15.3. The summed E-state index contributed by atoms with van der Waals surface area (Å²) in [5, 5.41) is 0. The fraction of sp³-hybridized carbons (Fsp3) is 0.600. The van der Waals surface area contributed by atoms with Crippen molar-refractivity contribution in [2.45, 2.75) is 31.3 Å². The highest BCUT2D eigenvalue weighted by atomic mass is 16.5. The van der Waals surface area contributed by atoms with Gasteiger partial charge in [0, 0.05) is 25.1 Å². The van der Waals surface area contributed by atoms with Crippen molar-refractivity contribution in [3.8, 4) is 5.75 Å². The number of amides is 2. The minimum absolute atomic E-state index is 0.00900. The molecule has 6 heteroatoms. The van der Waals surface area contributed by atoms with Gasteiger partial charge in [0.25, 0.3) is 5.91 Å². The van der Waals surface area contributed by atoms with Gasteiger partial charge in [-0.25, -0.2) is 0 Å². The Morgan fingerprint density at radius 3 is 2.73 bits per heavy atom. The molecule has 1 spiro atoms. The Kier molecular flexibility index (Phi) is 4.61. The summed E-state index contributed by atoms with van der Waals surface area (Å²) < 4.78 is 11.2. The number of methoxy groups -OCH3 is 1. The Bertz CT molecular complexity index is 693. The second-order valence-electron chi connectivity index (χ2n) is 7.75. The number of nitrogens with zero attached hydrogens (tertiary/aromatic N) is 2. The van der Waals surface area contributed by atoms with E-state index in [4.69, 9.17) is 9.47 Å². The summed E-state index contributed by atoms with van der Waals surface area (Å²) >= 11 is 0. The molecule has 3 saturated heterocycles. The maximum absolute atomic E-state index is 12.6. The smallest absolute Gasteiger partial charge is 0.254 e. The van der Waals surface area contributed by atoms with Gasteiger partial charge in [0.05, 0.1) is 26.8 Å². The normalized spacial score (nSPS) is 24.0. The zero-order valence-electron chi connectivity index (χ0n) is 15.3. The third kappa shape index (κ3) is 3.30. The molecule has 6 nitrogen and oxygen atoms in total. The number of carbonyl (C=O) groups excluding carboxylic acids is 2. The van der Waals surface area contributed by atoms with Crippen molar-refractivity contribution >= 4 is 11.8 Å². The van der Waals surface area contributed by atoms with Crippen LogP contribution in [0.3, 0.4) is 0 Å². The third-order valence-corrected chi connectivity index (χ3v) is 5.77. The number of likely N-dealkylation sites (tertiary alicyclic amines) is 2. The fourth-order valence-electron chi connectivity index (χ4n) is 4.36. The molecule has 1 aromatic rings. The zero-order chi connectivity index (χ0) is 18.1. The molecule has 3 heterocycles. The van der Waals surface area contributed by atoms with Crippen LogP contribution in [0.1, 0.15) is 36.0 Å². The number of ether oxygens (including phenoxy) is 2. The SMILES string of the molecule is COc1cccc(C(=O)N2CC3(CC(CC(=O)N4CCCC4)CO3)C2)c1. The number of hydrogen-bond acceptors (Lipinski definition) is 4. The lowest BCUT2D eigenvalue weighted by molar-refractivity contribution is -0.131. The van der Waals surface area contributed by atoms with E-state index >= 15 is 0 Å². The minimum Gasteiger partial charge on any atom is -0.497 e. The lowest BCUT2D eigenvalue weighted by Crippen LogP contribution is -2.63. The number of hydrogen-bond donors (Lipinski definition) is 0. The summed E-state index contributed by atoms with van der Waals surface area (Å²) in [6.07, 6.45) is 3.69. The first kappa shape index (κ1) is 17.3. The third-order valence-electron chi connectivity index (χ3n) is 5.77. The summed E-state index contributed by atoms with van der Waals surface area (Å²) in [6, 6.07) is 7.23. The Labute approximate surface area is 154 Å². The van der Waals surface area contributed by atoms with E-state index in [1.807, 2.05) is 28.0 Å². The average molecular weight is 358 g/mol. The van der Waals surface area contributed by atoms with E-state index in [1.54, 1.807) is 13.2 Å². The number of benzene rings is 1. The molecule has 2 amide bonds. The van der Waals surface area contributed by atoms with Crippen molar-refractivity contribution in [2.75, 3.05) is 39.9 Å². The quantitative estimate of drug-likeness (QED) is 0.825. The molecule has 3 fully saturated rings. The molecule has 1 atom stereocenters. The van der Waals surface area contributed by atoms with Gasteiger partial charge < -0.3 is 19.3 Å². The van der Waals surface area contributed by atoms with Crippen molar-refractivity contribution < 1.29 is 19.1 Å². The topological polar surface area (TPSA) is 59.1 Å². The van der Waals surface area contributed by atoms with Crippen molar-refractivity contribution in [1.29, 1.82) is 0 Å². The molecule has 0 N–H and O–H groups in total. The molecular formula is C20H26N2O4. The van der Waals surface area contributed by atoms with Gasteiger partial charge in [0.2, 0.25) is 5.91 Å². The van der Waals surface area contributed by atoms with Crippen LogP contribution < -0.4 is 4.74 Å². The molecule has 0 aliphatic carbocycles. The van der Waals surface area contributed by atoms with Crippen LogP contribution in [0.5, 0.6) is 5.75 Å². The summed E-state index contributed by atoms with van der Waals surface area (Å²) in [5.41, 5.74) is 0.391. The first-order valence-electron chi connectivity index (χ1n) is 9.44. The van der Waals surface area contributed by atoms with E-state index in [0.29, 0.717) is 37.4 Å². The van der Waals surface area contributed by atoms with Gasteiger partial charge in [-0.1, -0.05) is 6.07 Å². The highest BCUT2D eigenvalue weighted by molar-refractivity contribution is 5.95. The van der Waals surface area contributed by atoms with E-state index < -0.39 is 0 Å². The lowest BCUT2D eigenvalue weighted by Gasteiger charge is -2.47. The highest BCUT2D eigenvalue weighted by Crippen LogP contribution is 2.40. The maximum atomic E-state index is 12.6. The van der Waals surface area contributed by atoms with Crippen molar-refractivity contribution in [2.24, 2.45) is 5.92 Å². The van der Waals surface area contributed by atoms with Crippen molar-refractivity contribution in [3.63, 3.8) is 0 Å². The Hall–Kier alpha value is -2.08. The van der Waals surface area contributed by atoms with E-state index in [0.717, 1.165) is 32.4 Å². The van der Waals surface area contributed by atoms with Crippen LogP contribution in [0.15, 0.2) is 24.3 Å². The summed E-state index contributed by atoms with van der Waals surface area (Å²) in [5.74, 6) is 1.23. The van der Waals surface area contributed by atoms with E-state index in [1.165, 1.54) is 0 Å². The standard InChI is InChI=1S/C20H26N2O4/c1-25-17-6-4-5-16(10-17)19(24)22-13-20(14-22)11-15(12-26-20)9-18(23)21-7-2-3-8-21/h4-6,10,15H,2-3,7-9,11-14H2,1H3. The summed E-state index contributed by atoms with van der Waals surface area (Å²) in [4.78, 5) is 28.7. The van der Waals surface area contributed by atoms with Crippen LogP contribution in [0.4, 0.5) is 0 Å². The predicted octanol–water partition coefficient (Wildman–Crippen LogP) is 1.94. The van der Waals surface area contributed by atoms with E-state index in [-0.39, 0.29) is 23.3 Å². The molecule has 0 saturated carbocycles. The number of rotatable bonds is 4. The molecule has 1 aromatic carbocycles. The average Bonchev–Trinajstić information content (AvgIpc) is 3.30. The van der Waals surface area contributed by atoms with Crippen LogP contribution in [0.2, 0.25) is 0 Å². The lowest BCUT2D eigenvalue weighted by atomic mass is 9.85. The monoisotopic (exact) mass is 358 g/mol. The Balaban J connectivity index is 1.30. The van der Waals surface area contributed by atoms with Gasteiger partial charge in [0.1, 0.15) is 11.4 Å². The van der Waals surface area contributed by atoms with Crippen LogP contribution in [-0.4, -0.2) is 67.1 Å². The molecule has 4 rings (SSSR count). The first-order chi connectivity index (χ1) is 12.6. The van der Waals surface area contributed by atoms with Gasteiger partial charge >= 0.3 is 0 Å². The Morgan fingerprint density at radius 2 is 2.00 bits per heavy atom. The van der Waals surface area contributed by atoms with Crippen molar-refractivity contribution in [1.82, 2.24) is 9.80 Å². The highest BCUT2D eigenvalue weighted by Gasteiger charge is 2.51. The van der Waals surface area contributed by atoms with Gasteiger partial charge in [-0.2, -0.15) is 0 Å². The van der Waals surface area contributed by atoms with E-state index in [9.17, 15) is 9.59 Å². The second-order valence-corrected chi connectivity index (χ2v) is 7.75. The van der Waals surface area contributed by atoms with Gasteiger partial charge in [-0.3, -0.25) is 9.59 Å². The Morgan fingerprint density at radius 1 is 1.23 bits per heavy atom. The van der Waals surface area contributed by atoms with E-state index in [2.05, 4.69) is 0 Å². The summed E-state index contributed by atoms with van der Waals surface area (Å²) in [7, 11) is 1.60. The minimum atomic E-state index is -0.246. The van der Waals surface area contributed by atoms with Crippen LogP contribution >= 0.6 is 0 Å². The molecule has 3 aliphatic heterocycles. The van der Waals surface area contributed by atoms with Gasteiger partial charge in [0.15, 0.2) is 0 Å².